The number of imidazole rings is 1. The number of rotatable bonds is 4. The standard InChI is InChI=1S/C20H19N3O3/c1-25-16-9-8-13(10-17(16)26-2)15-11-18(24)22-20-19(15)21-12-23(20)14-6-4-3-5-7-14/h3-10,12,15H,11H2,1-2H3,(H,22,24)/t15-/m1/s1. The molecule has 0 saturated carbocycles. The van der Waals surface area contributed by atoms with Crippen molar-refractivity contribution in [2.24, 2.45) is 0 Å². The van der Waals surface area contributed by atoms with Crippen LogP contribution in [0.15, 0.2) is 54.9 Å². The van der Waals surface area contributed by atoms with Crippen molar-refractivity contribution < 1.29 is 14.3 Å². The molecule has 0 spiro atoms. The van der Waals surface area contributed by atoms with Gasteiger partial charge in [0.1, 0.15) is 12.1 Å². The second kappa shape index (κ2) is 6.55. The third-order valence-corrected chi connectivity index (χ3v) is 4.62. The van der Waals surface area contributed by atoms with E-state index in [9.17, 15) is 4.79 Å². The second-order valence-electron chi connectivity index (χ2n) is 6.10. The van der Waals surface area contributed by atoms with Gasteiger partial charge in [0.15, 0.2) is 11.5 Å². The summed E-state index contributed by atoms with van der Waals surface area (Å²) in [6.07, 6.45) is 2.09. The Kier molecular flexibility index (Phi) is 4.08. The van der Waals surface area contributed by atoms with Crippen molar-refractivity contribution in [2.45, 2.75) is 12.3 Å². The Morgan fingerprint density at radius 2 is 1.85 bits per heavy atom. The van der Waals surface area contributed by atoms with Crippen molar-refractivity contribution in [3.05, 3.63) is 66.1 Å². The third-order valence-electron chi connectivity index (χ3n) is 4.62. The van der Waals surface area contributed by atoms with Crippen molar-refractivity contribution in [3.8, 4) is 17.2 Å². The molecule has 0 unspecified atom stereocenters. The summed E-state index contributed by atoms with van der Waals surface area (Å²) in [6, 6.07) is 15.6. The quantitative estimate of drug-likeness (QED) is 0.784. The SMILES string of the molecule is COc1ccc([C@H]2CC(=O)Nc3c2ncn3-c2ccccc2)cc1OC. The monoisotopic (exact) mass is 349 g/mol. The number of ether oxygens (including phenoxy) is 2. The van der Waals surface area contributed by atoms with Gasteiger partial charge < -0.3 is 14.8 Å². The van der Waals surface area contributed by atoms with Crippen molar-refractivity contribution >= 4 is 11.7 Å². The first kappa shape index (κ1) is 16.2. The number of nitrogens with one attached hydrogen (secondary N) is 1. The van der Waals surface area contributed by atoms with E-state index in [0.717, 1.165) is 16.9 Å². The number of para-hydroxylation sites is 1. The van der Waals surface area contributed by atoms with Crippen molar-refractivity contribution in [3.63, 3.8) is 0 Å². The van der Waals surface area contributed by atoms with E-state index in [0.29, 0.717) is 23.7 Å². The fourth-order valence-corrected chi connectivity index (χ4v) is 3.34. The molecule has 1 aliphatic rings. The van der Waals surface area contributed by atoms with E-state index in [1.54, 1.807) is 20.5 Å². The normalized spacial score (nSPS) is 15.9. The van der Waals surface area contributed by atoms with Crippen LogP contribution in [0.25, 0.3) is 5.69 Å². The zero-order chi connectivity index (χ0) is 18.1. The van der Waals surface area contributed by atoms with Crippen LogP contribution in [0.3, 0.4) is 0 Å². The highest BCUT2D eigenvalue weighted by Crippen LogP contribution is 2.40. The van der Waals surface area contributed by atoms with Crippen LogP contribution in [0.1, 0.15) is 23.6 Å². The summed E-state index contributed by atoms with van der Waals surface area (Å²) in [6.45, 7) is 0. The number of methoxy groups -OCH3 is 2. The maximum atomic E-state index is 12.4. The average molecular weight is 349 g/mol. The summed E-state index contributed by atoms with van der Waals surface area (Å²) in [5, 5.41) is 2.96. The molecule has 132 valence electrons. The van der Waals surface area contributed by atoms with E-state index in [1.807, 2.05) is 53.1 Å². The van der Waals surface area contributed by atoms with Crippen LogP contribution in [-0.4, -0.2) is 29.7 Å². The summed E-state index contributed by atoms with van der Waals surface area (Å²) in [4.78, 5) is 17.0. The van der Waals surface area contributed by atoms with Gasteiger partial charge in [0.2, 0.25) is 5.91 Å². The maximum Gasteiger partial charge on any atom is 0.226 e. The largest absolute Gasteiger partial charge is 0.493 e. The zero-order valence-electron chi connectivity index (χ0n) is 14.6. The number of hydrogen-bond donors (Lipinski definition) is 1. The molecule has 1 N–H and O–H groups in total. The van der Waals surface area contributed by atoms with Gasteiger partial charge in [-0.2, -0.15) is 0 Å². The lowest BCUT2D eigenvalue weighted by molar-refractivity contribution is -0.116. The highest BCUT2D eigenvalue weighted by Gasteiger charge is 2.31. The number of aromatic nitrogens is 2. The Labute approximate surface area is 151 Å². The molecular weight excluding hydrogens is 330 g/mol. The molecule has 0 radical (unpaired) electrons. The van der Waals surface area contributed by atoms with Crippen molar-refractivity contribution in [2.75, 3.05) is 19.5 Å². The molecule has 0 saturated heterocycles. The lowest BCUT2D eigenvalue weighted by atomic mass is 9.89. The molecule has 4 rings (SSSR count). The molecule has 1 aliphatic heterocycles. The van der Waals surface area contributed by atoms with Crippen molar-refractivity contribution in [1.82, 2.24) is 9.55 Å². The number of fused-ring (bicyclic) bond motifs is 1. The molecule has 1 aromatic heterocycles. The van der Waals surface area contributed by atoms with Crippen LogP contribution in [0.2, 0.25) is 0 Å². The smallest absolute Gasteiger partial charge is 0.226 e. The van der Waals surface area contributed by atoms with E-state index in [-0.39, 0.29) is 11.8 Å². The maximum absolute atomic E-state index is 12.4. The molecule has 1 amide bonds. The van der Waals surface area contributed by atoms with E-state index in [2.05, 4.69) is 10.3 Å². The van der Waals surface area contributed by atoms with E-state index >= 15 is 0 Å². The van der Waals surface area contributed by atoms with Gasteiger partial charge >= 0.3 is 0 Å². The Balaban J connectivity index is 1.79. The first-order chi connectivity index (χ1) is 12.7. The van der Waals surface area contributed by atoms with Gasteiger partial charge in [0, 0.05) is 18.0 Å². The van der Waals surface area contributed by atoms with Crippen LogP contribution in [0, 0.1) is 0 Å². The third kappa shape index (κ3) is 2.69. The zero-order valence-corrected chi connectivity index (χ0v) is 14.6. The van der Waals surface area contributed by atoms with Crippen LogP contribution in [0.4, 0.5) is 5.82 Å². The second-order valence-corrected chi connectivity index (χ2v) is 6.10. The minimum absolute atomic E-state index is 0.0324. The predicted molar refractivity (Wildman–Crippen MR) is 98.2 cm³/mol. The Hall–Kier alpha value is -3.28. The first-order valence-electron chi connectivity index (χ1n) is 8.35. The van der Waals surface area contributed by atoms with E-state index < -0.39 is 0 Å². The van der Waals surface area contributed by atoms with Gasteiger partial charge in [0.05, 0.1) is 19.9 Å². The van der Waals surface area contributed by atoms with Gasteiger partial charge in [-0.1, -0.05) is 24.3 Å². The summed E-state index contributed by atoms with van der Waals surface area (Å²) < 4.78 is 12.6. The lowest BCUT2D eigenvalue weighted by Gasteiger charge is -2.24. The van der Waals surface area contributed by atoms with Crippen LogP contribution in [0.5, 0.6) is 11.5 Å². The number of amides is 1. The van der Waals surface area contributed by atoms with Gasteiger partial charge in [-0.15, -0.1) is 0 Å². The van der Waals surface area contributed by atoms with E-state index in [1.165, 1.54) is 0 Å². The number of carbonyl (C=O) groups excluding carboxylic acids is 1. The molecule has 6 nitrogen and oxygen atoms in total. The predicted octanol–water partition coefficient (Wildman–Crippen LogP) is 3.36. The molecule has 2 aromatic carbocycles. The van der Waals surface area contributed by atoms with Crippen LogP contribution < -0.4 is 14.8 Å². The summed E-state index contributed by atoms with van der Waals surface area (Å²) in [7, 11) is 3.20. The summed E-state index contributed by atoms with van der Waals surface area (Å²) in [5.74, 6) is 1.84. The minimum atomic E-state index is -0.136. The van der Waals surface area contributed by atoms with E-state index in [4.69, 9.17) is 9.47 Å². The summed E-state index contributed by atoms with van der Waals surface area (Å²) >= 11 is 0. The number of benzene rings is 2. The van der Waals surface area contributed by atoms with Crippen LogP contribution in [-0.2, 0) is 4.79 Å². The van der Waals surface area contributed by atoms with Gasteiger partial charge in [0.25, 0.3) is 0 Å². The molecule has 0 bridgehead atoms. The number of hydrogen-bond acceptors (Lipinski definition) is 4. The molecule has 3 aromatic rings. The van der Waals surface area contributed by atoms with Gasteiger partial charge in [-0.25, -0.2) is 4.98 Å². The Morgan fingerprint density at radius 1 is 1.08 bits per heavy atom. The molecule has 0 fully saturated rings. The Morgan fingerprint density at radius 3 is 2.58 bits per heavy atom. The molecule has 6 heteroatoms. The fraction of sp³-hybridized carbons (Fsp3) is 0.200. The first-order valence-corrected chi connectivity index (χ1v) is 8.35. The lowest BCUT2D eigenvalue weighted by Crippen LogP contribution is -2.24. The molecule has 2 heterocycles. The highest BCUT2D eigenvalue weighted by molar-refractivity contribution is 5.94. The number of anilines is 1. The summed E-state index contributed by atoms with van der Waals surface area (Å²) in [5.41, 5.74) is 2.77. The average Bonchev–Trinajstić information content (AvgIpc) is 3.11. The van der Waals surface area contributed by atoms with Crippen molar-refractivity contribution in [1.29, 1.82) is 0 Å². The molecular formula is C20H19N3O3. The topological polar surface area (TPSA) is 65.4 Å². The highest BCUT2D eigenvalue weighted by atomic mass is 16.5. The van der Waals surface area contributed by atoms with Gasteiger partial charge in [-0.05, 0) is 29.8 Å². The number of carbonyl (C=O) groups is 1. The molecule has 1 atom stereocenters. The molecule has 0 aliphatic carbocycles. The molecule has 26 heavy (non-hydrogen) atoms. The van der Waals surface area contributed by atoms with Gasteiger partial charge in [-0.3, -0.25) is 9.36 Å². The van der Waals surface area contributed by atoms with Crippen LogP contribution >= 0.6 is 0 Å². The fourth-order valence-electron chi connectivity index (χ4n) is 3.34. The number of nitrogens with zero attached hydrogens (tertiary/aromatic N) is 2. The minimum Gasteiger partial charge on any atom is -0.493 e. The Bertz CT molecular complexity index is 950.